The first-order valence-corrected chi connectivity index (χ1v) is 7.10. The number of ether oxygens (including phenoxy) is 1. The summed E-state index contributed by atoms with van der Waals surface area (Å²) in [7, 11) is 0. The Hall–Kier alpha value is -3.34. The number of aromatic amines is 1. The first kappa shape index (κ1) is 13.3. The van der Waals surface area contributed by atoms with Gasteiger partial charge in [-0.3, -0.25) is 0 Å². The van der Waals surface area contributed by atoms with E-state index in [0.717, 1.165) is 22.4 Å². The molecule has 112 valence electrons. The van der Waals surface area contributed by atoms with Gasteiger partial charge in [-0.25, -0.2) is 9.78 Å². The van der Waals surface area contributed by atoms with Gasteiger partial charge >= 0.3 is 5.97 Å². The van der Waals surface area contributed by atoms with Crippen molar-refractivity contribution >= 4 is 17.0 Å². The second-order valence-corrected chi connectivity index (χ2v) is 4.99. The number of nitrogens with one attached hydrogen (secondary N) is 1. The van der Waals surface area contributed by atoms with Crippen LogP contribution in [0.3, 0.4) is 0 Å². The highest BCUT2D eigenvalue weighted by molar-refractivity contribution is 5.88. The highest BCUT2D eigenvalue weighted by Gasteiger charge is 2.11. The summed E-state index contributed by atoms with van der Waals surface area (Å²) in [6.07, 6.45) is 1.43. The van der Waals surface area contributed by atoms with E-state index in [0.29, 0.717) is 5.75 Å². The summed E-state index contributed by atoms with van der Waals surface area (Å²) in [5.41, 5.74) is 2.81. The Balaban J connectivity index is 1.57. The summed E-state index contributed by atoms with van der Waals surface area (Å²) in [5, 5.41) is 0. The zero-order valence-electron chi connectivity index (χ0n) is 12.0. The van der Waals surface area contributed by atoms with E-state index in [1.165, 1.54) is 6.26 Å². The topological polar surface area (TPSA) is 68.1 Å². The molecule has 0 bridgehead atoms. The molecule has 0 fully saturated rings. The van der Waals surface area contributed by atoms with Gasteiger partial charge in [-0.05, 0) is 48.5 Å². The Labute approximate surface area is 131 Å². The Morgan fingerprint density at radius 3 is 2.57 bits per heavy atom. The molecule has 0 unspecified atom stereocenters. The van der Waals surface area contributed by atoms with E-state index < -0.39 is 5.97 Å². The summed E-state index contributed by atoms with van der Waals surface area (Å²) in [4.78, 5) is 19.6. The Kier molecular flexibility index (Phi) is 3.16. The minimum atomic E-state index is -0.522. The maximum absolute atomic E-state index is 11.8. The number of hydrogen-bond donors (Lipinski definition) is 1. The Morgan fingerprint density at radius 1 is 1.00 bits per heavy atom. The number of hydrogen-bond acceptors (Lipinski definition) is 4. The van der Waals surface area contributed by atoms with E-state index in [2.05, 4.69) is 9.97 Å². The first-order chi connectivity index (χ1) is 11.3. The molecule has 5 nitrogen and oxygen atoms in total. The molecule has 0 aliphatic rings. The van der Waals surface area contributed by atoms with Crippen molar-refractivity contribution in [2.75, 3.05) is 0 Å². The van der Waals surface area contributed by atoms with Gasteiger partial charge in [-0.2, -0.15) is 0 Å². The van der Waals surface area contributed by atoms with Crippen LogP contribution in [0.25, 0.3) is 22.4 Å². The summed E-state index contributed by atoms with van der Waals surface area (Å²) >= 11 is 0. The lowest BCUT2D eigenvalue weighted by Crippen LogP contribution is -2.06. The van der Waals surface area contributed by atoms with Crippen molar-refractivity contribution < 1.29 is 13.9 Å². The molecule has 23 heavy (non-hydrogen) atoms. The maximum Gasteiger partial charge on any atom is 0.379 e. The Morgan fingerprint density at radius 2 is 1.83 bits per heavy atom. The van der Waals surface area contributed by atoms with Gasteiger partial charge in [0.25, 0.3) is 0 Å². The number of aromatic nitrogens is 2. The third-order valence-corrected chi connectivity index (χ3v) is 3.45. The molecule has 0 aliphatic carbocycles. The van der Waals surface area contributed by atoms with Gasteiger partial charge in [0, 0.05) is 5.56 Å². The van der Waals surface area contributed by atoms with Gasteiger partial charge < -0.3 is 14.1 Å². The molecule has 4 aromatic rings. The van der Waals surface area contributed by atoms with Crippen molar-refractivity contribution in [2.24, 2.45) is 0 Å². The highest BCUT2D eigenvalue weighted by atomic mass is 16.5. The molecule has 2 heterocycles. The van der Waals surface area contributed by atoms with E-state index in [-0.39, 0.29) is 5.76 Å². The molecular weight excluding hydrogens is 292 g/mol. The van der Waals surface area contributed by atoms with Crippen LogP contribution in [0.2, 0.25) is 0 Å². The van der Waals surface area contributed by atoms with Crippen molar-refractivity contribution in [3.05, 3.63) is 72.7 Å². The van der Waals surface area contributed by atoms with E-state index in [1.54, 1.807) is 24.3 Å². The molecule has 0 saturated carbocycles. The number of rotatable bonds is 3. The minimum absolute atomic E-state index is 0.173. The summed E-state index contributed by atoms with van der Waals surface area (Å²) in [6, 6.07) is 18.2. The number of imidazole rings is 1. The second kappa shape index (κ2) is 5.46. The highest BCUT2D eigenvalue weighted by Crippen LogP contribution is 2.23. The van der Waals surface area contributed by atoms with Crippen LogP contribution in [0.4, 0.5) is 0 Å². The molecule has 0 radical (unpaired) electrons. The third kappa shape index (κ3) is 2.60. The number of furan rings is 1. The molecule has 4 rings (SSSR count). The van der Waals surface area contributed by atoms with Gasteiger partial charge in [0.2, 0.25) is 5.76 Å². The number of benzene rings is 2. The van der Waals surface area contributed by atoms with Crippen LogP contribution >= 0.6 is 0 Å². The fraction of sp³-hybridized carbons (Fsp3) is 0. The van der Waals surface area contributed by atoms with Gasteiger partial charge in [0.15, 0.2) is 0 Å². The lowest BCUT2D eigenvalue weighted by molar-refractivity contribution is 0.0701. The second-order valence-electron chi connectivity index (χ2n) is 4.99. The predicted molar refractivity (Wildman–Crippen MR) is 85.2 cm³/mol. The molecule has 0 saturated heterocycles. The normalized spacial score (nSPS) is 10.8. The molecule has 5 heteroatoms. The van der Waals surface area contributed by atoms with Gasteiger partial charge in [-0.1, -0.05) is 12.1 Å². The first-order valence-electron chi connectivity index (χ1n) is 7.10. The van der Waals surface area contributed by atoms with Crippen LogP contribution in [-0.2, 0) is 0 Å². The molecular formula is C18H12N2O3. The van der Waals surface area contributed by atoms with Crippen LogP contribution in [0.15, 0.2) is 71.3 Å². The summed E-state index contributed by atoms with van der Waals surface area (Å²) in [6.45, 7) is 0. The molecule has 0 atom stereocenters. The number of esters is 1. The third-order valence-electron chi connectivity index (χ3n) is 3.45. The van der Waals surface area contributed by atoms with E-state index in [4.69, 9.17) is 9.15 Å². The van der Waals surface area contributed by atoms with E-state index >= 15 is 0 Å². The SMILES string of the molecule is O=C(Oc1ccc(-c2nc3ccccc3[nH]2)cc1)c1ccco1. The molecule has 0 amide bonds. The average molecular weight is 304 g/mol. The van der Waals surface area contributed by atoms with Gasteiger partial charge in [0.1, 0.15) is 11.6 Å². The fourth-order valence-corrected chi connectivity index (χ4v) is 2.32. The van der Waals surface area contributed by atoms with Crippen LogP contribution < -0.4 is 4.74 Å². The van der Waals surface area contributed by atoms with E-state index in [1.807, 2.05) is 36.4 Å². The van der Waals surface area contributed by atoms with Crippen LogP contribution in [0.5, 0.6) is 5.75 Å². The van der Waals surface area contributed by atoms with Gasteiger partial charge in [0.05, 0.1) is 17.3 Å². The van der Waals surface area contributed by atoms with Crippen LogP contribution in [-0.4, -0.2) is 15.9 Å². The van der Waals surface area contributed by atoms with E-state index in [9.17, 15) is 4.79 Å². The smallest absolute Gasteiger partial charge is 0.379 e. The molecule has 2 aromatic heterocycles. The van der Waals surface area contributed by atoms with Crippen molar-refractivity contribution in [1.82, 2.24) is 9.97 Å². The molecule has 2 aromatic carbocycles. The summed E-state index contributed by atoms with van der Waals surface area (Å²) < 4.78 is 10.2. The lowest BCUT2D eigenvalue weighted by Gasteiger charge is -2.03. The fourth-order valence-electron chi connectivity index (χ4n) is 2.32. The standard InChI is InChI=1S/C18H12N2O3/c21-18(16-6-3-11-22-16)23-13-9-7-12(8-10-13)17-19-14-4-1-2-5-15(14)20-17/h1-11H,(H,19,20). The monoisotopic (exact) mass is 304 g/mol. The number of fused-ring (bicyclic) bond motifs is 1. The van der Waals surface area contributed by atoms with Crippen molar-refractivity contribution in [2.45, 2.75) is 0 Å². The van der Waals surface area contributed by atoms with Crippen LogP contribution in [0, 0.1) is 0 Å². The number of carbonyl (C=O) groups is 1. The zero-order valence-corrected chi connectivity index (χ0v) is 12.0. The molecule has 0 aliphatic heterocycles. The predicted octanol–water partition coefficient (Wildman–Crippen LogP) is 4.04. The van der Waals surface area contributed by atoms with Crippen LogP contribution in [0.1, 0.15) is 10.6 Å². The van der Waals surface area contributed by atoms with Crippen molar-refractivity contribution in [1.29, 1.82) is 0 Å². The van der Waals surface area contributed by atoms with Crippen molar-refractivity contribution in [3.8, 4) is 17.1 Å². The largest absolute Gasteiger partial charge is 0.457 e. The zero-order chi connectivity index (χ0) is 15.6. The Bertz CT molecular complexity index is 921. The number of carbonyl (C=O) groups excluding carboxylic acids is 1. The molecule has 1 N–H and O–H groups in total. The van der Waals surface area contributed by atoms with Gasteiger partial charge in [-0.15, -0.1) is 0 Å². The molecule has 0 spiro atoms. The number of para-hydroxylation sites is 2. The average Bonchev–Trinajstić information content (AvgIpc) is 3.25. The quantitative estimate of drug-likeness (QED) is 0.458. The lowest BCUT2D eigenvalue weighted by atomic mass is 10.2. The van der Waals surface area contributed by atoms with Crippen molar-refractivity contribution in [3.63, 3.8) is 0 Å². The number of nitrogens with zero attached hydrogens (tertiary/aromatic N) is 1. The summed E-state index contributed by atoms with van der Waals surface area (Å²) in [5.74, 6) is 0.874. The maximum atomic E-state index is 11.8. The number of H-pyrrole nitrogens is 1. The minimum Gasteiger partial charge on any atom is -0.457 e.